The van der Waals surface area contributed by atoms with Crippen LogP contribution in [0.5, 0.6) is 0 Å². The molecule has 0 aliphatic carbocycles. The van der Waals surface area contributed by atoms with E-state index >= 15 is 0 Å². The fraction of sp³-hybridized carbons (Fsp3) is 0.917. The first-order chi connectivity index (χ1) is 8.17. The lowest BCUT2D eigenvalue weighted by Gasteiger charge is -2.25. The highest BCUT2D eigenvalue weighted by atomic mass is 32.2. The minimum Gasteiger partial charge on any atom is -0.395 e. The van der Waals surface area contributed by atoms with Crippen LogP contribution in [0.1, 0.15) is 32.6 Å². The van der Waals surface area contributed by atoms with Crippen LogP contribution in [-0.2, 0) is 9.53 Å². The maximum absolute atomic E-state index is 11.8. The lowest BCUT2D eigenvalue weighted by atomic mass is 10.1. The van der Waals surface area contributed by atoms with Crippen molar-refractivity contribution in [3.8, 4) is 0 Å². The standard InChI is InChI=1S/C12H23NO3S/c1-9(11(8-14)17-2)13-12(15)7-10-5-3-4-6-16-10/h9-11,14H,3-8H2,1-2H3,(H,13,15). The molecule has 17 heavy (non-hydrogen) atoms. The first-order valence-corrected chi connectivity index (χ1v) is 7.50. The topological polar surface area (TPSA) is 58.6 Å². The molecule has 3 unspecified atom stereocenters. The van der Waals surface area contributed by atoms with Gasteiger partial charge in [-0.15, -0.1) is 0 Å². The van der Waals surface area contributed by atoms with Crippen LogP contribution in [0.2, 0.25) is 0 Å². The van der Waals surface area contributed by atoms with E-state index in [0.717, 1.165) is 25.9 Å². The van der Waals surface area contributed by atoms with Crippen LogP contribution in [0.25, 0.3) is 0 Å². The molecule has 1 aliphatic rings. The quantitative estimate of drug-likeness (QED) is 0.753. The average Bonchev–Trinajstić information content (AvgIpc) is 2.31. The zero-order valence-electron chi connectivity index (χ0n) is 10.6. The molecule has 2 N–H and O–H groups in total. The van der Waals surface area contributed by atoms with E-state index < -0.39 is 0 Å². The molecule has 1 rings (SSSR count). The van der Waals surface area contributed by atoms with Crippen molar-refractivity contribution < 1.29 is 14.6 Å². The molecule has 0 radical (unpaired) electrons. The summed E-state index contributed by atoms with van der Waals surface area (Å²) < 4.78 is 5.53. The minimum absolute atomic E-state index is 0.00825. The van der Waals surface area contributed by atoms with E-state index in [1.807, 2.05) is 13.2 Å². The molecule has 1 amide bonds. The van der Waals surface area contributed by atoms with E-state index in [0.29, 0.717) is 6.42 Å². The van der Waals surface area contributed by atoms with Crippen molar-refractivity contribution in [3.05, 3.63) is 0 Å². The fourth-order valence-corrected chi connectivity index (χ4v) is 2.64. The normalized spacial score (nSPS) is 24.1. The highest BCUT2D eigenvalue weighted by molar-refractivity contribution is 7.99. The van der Waals surface area contributed by atoms with Gasteiger partial charge in [-0.3, -0.25) is 4.79 Å². The predicted octanol–water partition coefficient (Wildman–Crippen LogP) is 1.17. The molecule has 0 saturated carbocycles. The maximum atomic E-state index is 11.8. The molecule has 0 spiro atoms. The van der Waals surface area contributed by atoms with Gasteiger partial charge in [0.2, 0.25) is 5.91 Å². The molecule has 0 aromatic heterocycles. The summed E-state index contributed by atoms with van der Waals surface area (Å²) in [5.74, 6) is 0.0249. The van der Waals surface area contributed by atoms with E-state index in [2.05, 4.69) is 5.32 Å². The summed E-state index contributed by atoms with van der Waals surface area (Å²) in [6, 6.07) is -0.00825. The lowest BCUT2D eigenvalue weighted by Crippen LogP contribution is -2.42. The number of amides is 1. The third kappa shape index (κ3) is 5.27. The van der Waals surface area contributed by atoms with Gasteiger partial charge in [0.1, 0.15) is 0 Å². The minimum atomic E-state index is -0.00825. The summed E-state index contributed by atoms with van der Waals surface area (Å²) in [7, 11) is 0. The molecular formula is C12H23NO3S. The van der Waals surface area contributed by atoms with Gasteiger partial charge in [0.15, 0.2) is 0 Å². The molecule has 3 atom stereocenters. The van der Waals surface area contributed by atoms with Crippen molar-refractivity contribution in [3.63, 3.8) is 0 Å². The summed E-state index contributed by atoms with van der Waals surface area (Å²) >= 11 is 1.57. The second kappa shape index (κ2) is 7.95. The van der Waals surface area contributed by atoms with Gasteiger partial charge in [0.25, 0.3) is 0 Å². The summed E-state index contributed by atoms with van der Waals surface area (Å²) in [5, 5.41) is 12.1. The summed E-state index contributed by atoms with van der Waals surface area (Å²) in [5.41, 5.74) is 0. The zero-order valence-corrected chi connectivity index (χ0v) is 11.5. The molecule has 0 aromatic carbocycles. The molecule has 1 fully saturated rings. The Morgan fingerprint density at radius 2 is 2.35 bits per heavy atom. The highest BCUT2D eigenvalue weighted by Gasteiger charge is 2.21. The largest absolute Gasteiger partial charge is 0.395 e. The third-order valence-corrected chi connectivity index (χ3v) is 4.28. The molecule has 0 aromatic rings. The predicted molar refractivity (Wildman–Crippen MR) is 70.2 cm³/mol. The summed E-state index contributed by atoms with van der Waals surface area (Å²) in [4.78, 5) is 11.8. The Kier molecular flexibility index (Phi) is 6.92. The van der Waals surface area contributed by atoms with E-state index in [-0.39, 0.29) is 29.9 Å². The number of carbonyl (C=O) groups excluding carboxylic acids is 1. The van der Waals surface area contributed by atoms with Crippen molar-refractivity contribution in [1.82, 2.24) is 5.32 Å². The van der Waals surface area contributed by atoms with E-state index in [9.17, 15) is 4.79 Å². The molecule has 0 bridgehead atoms. The summed E-state index contributed by atoms with van der Waals surface area (Å²) in [6.45, 7) is 2.79. The Balaban J connectivity index is 2.27. The fourth-order valence-electron chi connectivity index (χ4n) is 2.02. The van der Waals surface area contributed by atoms with E-state index in [4.69, 9.17) is 9.84 Å². The number of ether oxygens (including phenoxy) is 1. The van der Waals surface area contributed by atoms with Crippen molar-refractivity contribution in [1.29, 1.82) is 0 Å². The molecule has 5 heteroatoms. The number of aliphatic hydroxyl groups excluding tert-OH is 1. The Morgan fingerprint density at radius 3 is 2.88 bits per heavy atom. The Hall–Kier alpha value is -0.260. The summed E-state index contributed by atoms with van der Waals surface area (Å²) in [6.07, 6.45) is 5.70. The second-order valence-electron chi connectivity index (χ2n) is 4.51. The Labute approximate surface area is 107 Å². The van der Waals surface area contributed by atoms with Gasteiger partial charge in [0.05, 0.1) is 19.1 Å². The number of nitrogens with one attached hydrogen (secondary N) is 1. The number of thioether (sulfide) groups is 1. The van der Waals surface area contributed by atoms with Crippen LogP contribution in [-0.4, -0.2) is 47.9 Å². The number of hydrogen-bond donors (Lipinski definition) is 2. The van der Waals surface area contributed by atoms with Crippen molar-refractivity contribution in [2.75, 3.05) is 19.5 Å². The van der Waals surface area contributed by atoms with Gasteiger partial charge in [-0.1, -0.05) is 0 Å². The third-order valence-electron chi connectivity index (χ3n) is 3.12. The van der Waals surface area contributed by atoms with Crippen LogP contribution < -0.4 is 5.32 Å². The maximum Gasteiger partial charge on any atom is 0.222 e. The number of hydrogen-bond acceptors (Lipinski definition) is 4. The molecule has 1 heterocycles. The first-order valence-electron chi connectivity index (χ1n) is 6.22. The van der Waals surface area contributed by atoms with Gasteiger partial charge in [0, 0.05) is 17.9 Å². The van der Waals surface area contributed by atoms with Crippen molar-refractivity contribution in [2.45, 2.75) is 50.0 Å². The van der Waals surface area contributed by atoms with E-state index in [1.54, 1.807) is 11.8 Å². The van der Waals surface area contributed by atoms with E-state index in [1.165, 1.54) is 0 Å². The second-order valence-corrected chi connectivity index (χ2v) is 5.58. The van der Waals surface area contributed by atoms with Crippen LogP contribution in [0, 0.1) is 0 Å². The number of carbonyl (C=O) groups is 1. The van der Waals surface area contributed by atoms with Crippen molar-refractivity contribution >= 4 is 17.7 Å². The van der Waals surface area contributed by atoms with Gasteiger partial charge >= 0.3 is 0 Å². The zero-order chi connectivity index (χ0) is 12.7. The number of aliphatic hydroxyl groups is 1. The molecule has 1 saturated heterocycles. The van der Waals surface area contributed by atoms with Gasteiger partial charge in [-0.2, -0.15) is 11.8 Å². The lowest BCUT2D eigenvalue weighted by molar-refractivity contribution is -0.125. The molecule has 1 aliphatic heterocycles. The molecule has 4 nitrogen and oxygen atoms in total. The SMILES string of the molecule is CSC(CO)C(C)NC(=O)CC1CCCCO1. The monoisotopic (exact) mass is 261 g/mol. The number of rotatable bonds is 6. The van der Waals surface area contributed by atoms with Crippen LogP contribution in [0.15, 0.2) is 0 Å². The molecular weight excluding hydrogens is 238 g/mol. The van der Waals surface area contributed by atoms with Gasteiger partial charge in [-0.05, 0) is 32.4 Å². The Morgan fingerprint density at radius 1 is 1.59 bits per heavy atom. The smallest absolute Gasteiger partial charge is 0.222 e. The average molecular weight is 261 g/mol. The van der Waals surface area contributed by atoms with Gasteiger partial charge < -0.3 is 15.2 Å². The van der Waals surface area contributed by atoms with Crippen LogP contribution >= 0.6 is 11.8 Å². The van der Waals surface area contributed by atoms with Crippen LogP contribution in [0.4, 0.5) is 0 Å². The highest BCUT2D eigenvalue weighted by Crippen LogP contribution is 2.16. The van der Waals surface area contributed by atoms with Crippen molar-refractivity contribution in [2.24, 2.45) is 0 Å². The first kappa shape index (κ1) is 14.8. The van der Waals surface area contributed by atoms with Gasteiger partial charge in [-0.25, -0.2) is 0 Å². The Bertz CT molecular complexity index is 228. The molecule has 100 valence electrons. The van der Waals surface area contributed by atoms with Crippen LogP contribution in [0.3, 0.4) is 0 Å².